The molecule has 0 aliphatic carbocycles. The summed E-state index contributed by atoms with van der Waals surface area (Å²) in [5, 5.41) is 11.3. The minimum Gasteiger partial charge on any atom is -0.480 e. The van der Waals surface area contributed by atoms with Crippen LogP contribution in [0.2, 0.25) is 0 Å². The van der Waals surface area contributed by atoms with E-state index in [4.69, 9.17) is 9.84 Å². The first-order chi connectivity index (χ1) is 8.54. The van der Waals surface area contributed by atoms with Crippen molar-refractivity contribution in [3.63, 3.8) is 0 Å². The maximum absolute atomic E-state index is 11.7. The molecule has 1 saturated heterocycles. The molecule has 0 bridgehead atoms. The van der Waals surface area contributed by atoms with Crippen LogP contribution in [0.5, 0.6) is 0 Å². The summed E-state index contributed by atoms with van der Waals surface area (Å²) >= 11 is 0. The lowest BCUT2D eigenvalue weighted by Gasteiger charge is -2.34. The van der Waals surface area contributed by atoms with Gasteiger partial charge >= 0.3 is 5.97 Å². The van der Waals surface area contributed by atoms with E-state index >= 15 is 0 Å². The number of carboxylic acids is 1. The van der Waals surface area contributed by atoms with Gasteiger partial charge in [-0.25, -0.2) is 4.79 Å². The lowest BCUT2D eigenvalue weighted by atomic mass is 10.1. The van der Waals surface area contributed by atoms with E-state index in [0.717, 1.165) is 25.9 Å². The van der Waals surface area contributed by atoms with Crippen molar-refractivity contribution in [2.24, 2.45) is 0 Å². The number of carboxylic acid groups (broad SMARTS) is 1. The largest absolute Gasteiger partial charge is 0.480 e. The van der Waals surface area contributed by atoms with Gasteiger partial charge in [0.25, 0.3) is 0 Å². The van der Waals surface area contributed by atoms with E-state index in [9.17, 15) is 9.59 Å². The molecule has 0 radical (unpaired) electrons. The third-order valence-electron chi connectivity index (χ3n) is 3.20. The van der Waals surface area contributed by atoms with Crippen LogP contribution in [0.1, 0.15) is 26.7 Å². The predicted octanol–water partition coefficient (Wildman–Crippen LogP) is 0.0766. The number of nitrogens with one attached hydrogen (secondary N) is 1. The SMILES string of the molecule is CCNC(=O)C(C)N1CCC(OCC(=O)O)CC1. The predicted molar refractivity (Wildman–Crippen MR) is 66.3 cm³/mol. The number of likely N-dealkylation sites (N-methyl/N-ethyl adjacent to an activating group) is 1. The lowest BCUT2D eigenvalue weighted by molar-refractivity contribution is -0.145. The van der Waals surface area contributed by atoms with Crippen LogP contribution in [-0.2, 0) is 14.3 Å². The summed E-state index contributed by atoms with van der Waals surface area (Å²) in [6.07, 6.45) is 1.55. The first-order valence-electron chi connectivity index (χ1n) is 6.39. The third kappa shape index (κ3) is 4.62. The fourth-order valence-corrected chi connectivity index (χ4v) is 2.11. The molecule has 6 nitrogen and oxygen atoms in total. The van der Waals surface area contributed by atoms with Gasteiger partial charge in [0.2, 0.25) is 5.91 Å². The molecular formula is C12H22N2O4. The Balaban J connectivity index is 2.30. The zero-order valence-electron chi connectivity index (χ0n) is 11.0. The molecule has 0 saturated carbocycles. The van der Waals surface area contributed by atoms with Gasteiger partial charge in [0.1, 0.15) is 6.61 Å². The molecule has 1 unspecified atom stereocenters. The first-order valence-corrected chi connectivity index (χ1v) is 6.39. The van der Waals surface area contributed by atoms with Crippen LogP contribution in [0.25, 0.3) is 0 Å². The minimum absolute atomic E-state index is 0.00112. The zero-order valence-corrected chi connectivity index (χ0v) is 11.0. The number of ether oxygens (including phenoxy) is 1. The molecule has 1 amide bonds. The van der Waals surface area contributed by atoms with Gasteiger partial charge in [0.15, 0.2) is 0 Å². The van der Waals surface area contributed by atoms with Crippen LogP contribution in [0.15, 0.2) is 0 Å². The summed E-state index contributed by atoms with van der Waals surface area (Å²) in [4.78, 5) is 24.2. The molecule has 0 aromatic heterocycles. The Morgan fingerprint density at radius 2 is 2.06 bits per heavy atom. The Morgan fingerprint density at radius 3 is 2.56 bits per heavy atom. The second-order valence-corrected chi connectivity index (χ2v) is 4.51. The second-order valence-electron chi connectivity index (χ2n) is 4.51. The number of amides is 1. The van der Waals surface area contributed by atoms with E-state index in [1.165, 1.54) is 0 Å². The fraction of sp³-hybridized carbons (Fsp3) is 0.833. The molecule has 0 aromatic carbocycles. The van der Waals surface area contributed by atoms with E-state index in [2.05, 4.69) is 10.2 Å². The second kappa shape index (κ2) is 7.33. The van der Waals surface area contributed by atoms with Crippen molar-refractivity contribution in [1.29, 1.82) is 0 Å². The van der Waals surface area contributed by atoms with Gasteiger partial charge in [-0.05, 0) is 26.7 Å². The first kappa shape index (κ1) is 14.9. The third-order valence-corrected chi connectivity index (χ3v) is 3.20. The summed E-state index contributed by atoms with van der Waals surface area (Å²) in [5.41, 5.74) is 0. The Morgan fingerprint density at radius 1 is 1.44 bits per heavy atom. The van der Waals surface area contributed by atoms with Crippen LogP contribution in [0, 0.1) is 0 Å². The number of carbonyl (C=O) groups excluding carboxylic acids is 1. The van der Waals surface area contributed by atoms with Crippen LogP contribution >= 0.6 is 0 Å². The van der Waals surface area contributed by atoms with Crippen LogP contribution < -0.4 is 5.32 Å². The minimum atomic E-state index is -0.937. The molecule has 1 aliphatic heterocycles. The summed E-state index contributed by atoms with van der Waals surface area (Å²) in [6, 6.07) is -0.134. The van der Waals surface area contributed by atoms with E-state index in [0.29, 0.717) is 6.54 Å². The molecule has 0 spiro atoms. The van der Waals surface area contributed by atoms with Gasteiger partial charge in [-0.3, -0.25) is 9.69 Å². The van der Waals surface area contributed by atoms with Crippen molar-refractivity contribution in [3.05, 3.63) is 0 Å². The Kier molecular flexibility index (Phi) is 6.07. The molecule has 1 atom stereocenters. The van der Waals surface area contributed by atoms with E-state index in [1.54, 1.807) is 0 Å². The standard InChI is InChI=1S/C12H22N2O4/c1-3-13-12(17)9(2)14-6-4-10(5-7-14)18-8-11(15)16/h9-10H,3-8H2,1-2H3,(H,13,17)(H,15,16). The van der Waals surface area contributed by atoms with Gasteiger partial charge in [-0.2, -0.15) is 0 Å². The summed E-state index contributed by atoms with van der Waals surface area (Å²) in [5.74, 6) is -0.893. The van der Waals surface area contributed by atoms with Crippen molar-refractivity contribution in [2.75, 3.05) is 26.2 Å². The fourth-order valence-electron chi connectivity index (χ4n) is 2.11. The molecule has 6 heteroatoms. The normalized spacial score (nSPS) is 19.4. The highest BCUT2D eigenvalue weighted by Gasteiger charge is 2.26. The number of hydrogen-bond acceptors (Lipinski definition) is 4. The summed E-state index contributed by atoms with van der Waals surface area (Å²) in [7, 11) is 0. The smallest absolute Gasteiger partial charge is 0.329 e. The number of nitrogens with zero attached hydrogens (tertiary/aromatic N) is 1. The van der Waals surface area contributed by atoms with Gasteiger partial charge in [-0.15, -0.1) is 0 Å². The number of piperidine rings is 1. The van der Waals surface area contributed by atoms with Crippen molar-refractivity contribution < 1.29 is 19.4 Å². The summed E-state index contributed by atoms with van der Waals surface area (Å²) in [6.45, 7) is 5.73. The number of rotatable bonds is 6. The van der Waals surface area contributed by atoms with Crippen LogP contribution in [-0.4, -0.2) is 60.3 Å². The van der Waals surface area contributed by atoms with Gasteiger partial charge in [-0.1, -0.05) is 0 Å². The van der Waals surface area contributed by atoms with Crippen molar-refractivity contribution >= 4 is 11.9 Å². The van der Waals surface area contributed by atoms with E-state index < -0.39 is 5.97 Å². The Hall–Kier alpha value is -1.14. The van der Waals surface area contributed by atoms with E-state index in [1.807, 2.05) is 13.8 Å². The molecule has 104 valence electrons. The number of carbonyl (C=O) groups is 2. The Bertz CT molecular complexity index is 288. The quantitative estimate of drug-likeness (QED) is 0.705. The molecular weight excluding hydrogens is 236 g/mol. The monoisotopic (exact) mass is 258 g/mol. The van der Waals surface area contributed by atoms with E-state index in [-0.39, 0.29) is 24.7 Å². The molecule has 1 fully saturated rings. The highest BCUT2D eigenvalue weighted by molar-refractivity contribution is 5.81. The highest BCUT2D eigenvalue weighted by Crippen LogP contribution is 2.15. The van der Waals surface area contributed by atoms with Gasteiger partial charge < -0.3 is 15.2 Å². The number of aliphatic carboxylic acids is 1. The number of hydrogen-bond donors (Lipinski definition) is 2. The molecule has 1 heterocycles. The molecule has 18 heavy (non-hydrogen) atoms. The maximum Gasteiger partial charge on any atom is 0.329 e. The molecule has 0 aromatic rings. The molecule has 1 aliphatic rings. The number of likely N-dealkylation sites (tertiary alicyclic amines) is 1. The zero-order chi connectivity index (χ0) is 13.5. The maximum atomic E-state index is 11.7. The Labute approximate surface area is 107 Å². The lowest BCUT2D eigenvalue weighted by Crippen LogP contribution is -2.49. The topological polar surface area (TPSA) is 78.9 Å². The average molecular weight is 258 g/mol. The van der Waals surface area contributed by atoms with Crippen LogP contribution in [0.4, 0.5) is 0 Å². The molecule has 1 rings (SSSR count). The van der Waals surface area contributed by atoms with Crippen LogP contribution in [0.3, 0.4) is 0 Å². The molecule has 2 N–H and O–H groups in total. The van der Waals surface area contributed by atoms with Crippen molar-refractivity contribution in [2.45, 2.75) is 38.8 Å². The van der Waals surface area contributed by atoms with Gasteiger partial charge in [0.05, 0.1) is 12.1 Å². The average Bonchev–Trinajstić information content (AvgIpc) is 2.36. The van der Waals surface area contributed by atoms with Crippen molar-refractivity contribution in [3.8, 4) is 0 Å². The highest BCUT2D eigenvalue weighted by atomic mass is 16.5. The van der Waals surface area contributed by atoms with Gasteiger partial charge in [0, 0.05) is 19.6 Å². The van der Waals surface area contributed by atoms with Crippen molar-refractivity contribution in [1.82, 2.24) is 10.2 Å². The summed E-state index contributed by atoms with van der Waals surface area (Å²) < 4.78 is 5.25.